The van der Waals surface area contributed by atoms with Crippen LogP contribution in [0.3, 0.4) is 0 Å². The molecule has 1 aliphatic rings. The van der Waals surface area contributed by atoms with Crippen LogP contribution in [0.25, 0.3) is 6.08 Å². The van der Waals surface area contributed by atoms with Crippen molar-refractivity contribution in [3.8, 4) is 0 Å². The van der Waals surface area contributed by atoms with E-state index < -0.39 is 11.0 Å². The van der Waals surface area contributed by atoms with E-state index in [1.807, 2.05) is 0 Å². The minimum Gasteiger partial charge on any atom is -0.376 e. The maximum atomic E-state index is 11.5. The summed E-state index contributed by atoms with van der Waals surface area (Å²) in [7, 11) is 0. The van der Waals surface area contributed by atoms with Crippen molar-refractivity contribution in [3.05, 3.63) is 46.0 Å². The first-order chi connectivity index (χ1) is 11.2. The number of rotatable bonds is 6. The smallest absolute Gasteiger partial charge is 0.335 e. The van der Waals surface area contributed by atoms with Gasteiger partial charge in [0.15, 0.2) is 0 Å². The van der Waals surface area contributed by atoms with Gasteiger partial charge in [0.05, 0.1) is 16.6 Å². The summed E-state index contributed by atoms with van der Waals surface area (Å²) in [5.41, 5.74) is 2.79. The fourth-order valence-corrected chi connectivity index (χ4v) is 2.13. The average Bonchev–Trinajstić information content (AvgIpc) is 3.06. The van der Waals surface area contributed by atoms with E-state index in [2.05, 4.69) is 15.8 Å². The normalized spacial score (nSPS) is 17.7. The van der Waals surface area contributed by atoms with Crippen LogP contribution in [-0.2, 0) is 4.74 Å². The highest BCUT2D eigenvalue weighted by Gasteiger charge is 2.15. The number of para-hydroxylation sites is 1. The lowest BCUT2D eigenvalue weighted by Crippen LogP contribution is -2.37. The number of carbonyl (C=O) groups excluding carboxylic acids is 1. The third-order valence-corrected chi connectivity index (χ3v) is 3.25. The Morgan fingerprint density at radius 3 is 3.04 bits per heavy atom. The molecule has 1 aliphatic heterocycles. The van der Waals surface area contributed by atoms with Crippen LogP contribution in [0.15, 0.2) is 35.4 Å². The largest absolute Gasteiger partial charge is 0.376 e. The molecule has 0 aromatic heterocycles. The molecule has 1 atom stereocenters. The van der Waals surface area contributed by atoms with Crippen molar-refractivity contribution in [2.24, 2.45) is 5.10 Å². The van der Waals surface area contributed by atoms with E-state index >= 15 is 0 Å². The highest BCUT2D eigenvalue weighted by Crippen LogP contribution is 2.18. The number of hydrazone groups is 1. The summed E-state index contributed by atoms with van der Waals surface area (Å²) in [6.07, 6.45) is 6.45. The zero-order chi connectivity index (χ0) is 16.5. The first kappa shape index (κ1) is 16.6. The lowest BCUT2D eigenvalue weighted by molar-refractivity contribution is -0.385. The van der Waals surface area contributed by atoms with E-state index in [9.17, 15) is 14.9 Å². The number of hydrogen-bond donors (Lipinski definition) is 2. The van der Waals surface area contributed by atoms with Gasteiger partial charge >= 0.3 is 6.03 Å². The Bertz CT molecular complexity index is 609. The molecular formula is C15H18N4O4. The quantitative estimate of drug-likeness (QED) is 0.476. The van der Waals surface area contributed by atoms with E-state index in [0.717, 1.165) is 19.4 Å². The fourth-order valence-electron chi connectivity index (χ4n) is 2.13. The molecule has 0 unspecified atom stereocenters. The summed E-state index contributed by atoms with van der Waals surface area (Å²) >= 11 is 0. The summed E-state index contributed by atoms with van der Waals surface area (Å²) < 4.78 is 5.38. The van der Waals surface area contributed by atoms with Crippen molar-refractivity contribution in [1.82, 2.24) is 10.7 Å². The molecule has 2 rings (SSSR count). The number of hydrogen-bond acceptors (Lipinski definition) is 5. The van der Waals surface area contributed by atoms with Crippen LogP contribution < -0.4 is 10.7 Å². The van der Waals surface area contributed by atoms with Gasteiger partial charge in [-0.3, -0.25) is 10.1 Å². The first-order valence-corrected chi connectivity index (χ1v) is 7.25. The van der Waals surface area contributed by atoms with Gasteiger partial charge in [-0.25, -0.2) is 10.2 Å². The van der Waals surface area contributed by atoms with Crippen molar-refractivity contribution in [2.75, 3.05) is 13.2 Å². The molecule has 1 saturated heterocycles. The molecule has 8 heteroatoms. The van der Waals surface area contributed by atoms with Gasteiger partial charge in [-0.1, -0.05) is 12.1 Å². The van der Waals surface area contributed by atoms with E-state index in [0.29, 0.717) is 12.1 Å². The predicted molar refractivity (Wildman–Crippen MR) is 86.1 cm³/mol. The predicted octanol–water partition coefficient (Wildman–Crippen LogP) is 2.07. The molecule has 8 nitrogen and oxygen atoms in total. The molecule has 0 radical (unpaired) electrons. The number of nitrogens with one attached hydrogen (secondary N) is 2. The summed E-state index contributed by atoms with van der Waals surface area (Å²) in [5.74, 6) is 0. The Morgan fingerprint density at radius 2 is 2.30 bits per heavy atom. The number of nitro groups is 1. The van der Waals surface area contributed by atoms with Crippen LogP contribution in [0.2, 0.25) is 0 Å². The number of carbonyl (C=O) groups is 1. The van der Waals surface area contributed by atoms with Crippen LogP contribution >= 0.6 is 0 Å². The molecular weight excluding hydrogens is 300 g/mol. The minimum atomic E-state index is -0.451. The highest BCUT2D eigenvalue weighted by atomic mass is 16.6. The Labute approximate surface area is 133 Å². The second kappa shape index (κ2) is 8.64. The molecule has 122 valence electrons. The zero-order valence-corrected chi connectivity index (χ0v) is 12.5. The number of allylic oxidation sites excluding steroid dienone is 1. The van der Waals surface area contributed by atoms with Crippen LogP contribution in [0, 0.1) is 10.1 Å². The lowest BCUT2D eigenvalue weighted by atomic mass is 10.2. The zero-order valence-electron chi connectivity index (χ0n) is 12.5. The summed E-state index contributed by atoms with van der Waals surface area (Å²) in [4.78, 5) is 21.9. The van der Waals surface area contributed by atoms with Crippen LogP contribution in [0.4, 0.5) is 10.5 Å². The number of nitro benzene ring substituents is 1. The van der Waals surface area contributed by atoms with Gasteiger partial charge in [0.1, 0.15) is 0 Å². The van der Waals surface area contributed by atoms with Gasteiger partial charge in [0.25, 0.3) is 5.69 Å². The third kappa shape index (κ3) is 5.51. The molecule has 0 spiro atoms. The molecule has 0 saturated carbocycles. The Hall–Kier alpha value is -2.74. The average molecular weight is 318 g/mol. The van der Waals surface area contributed by atoms with Crippen molar-refractivity contribution in [2.45, 2.75) is 18.9 Å². The molecule has 0 aliphatic carbocycles. The molecule has 2 N–H and O–H groups in total. The summed E-state index contributed by atoms with van der Waals surface area (Å²) in [6.45, 7) is 1.19. The van der Waals surface area contributed by atoms with Gasteiger partial charge in [-0.2, -0.15) is 5.10 Å². The number of nitrogens with zero attached hydrogens (tertiary/aromatic N) is 2. The lowest BCUT2D eigenvalue weighted by Gasteiger charge is -2.09. The van der Waals surface area contributed by atoms with Crippen LogP contribution in [-0.4, -0.2) is 36.4 Å². The van der Waals surface area contributed by atoms with Crippen molar-refractivity contribution in [3.63, 3.8) is 0 Å². The van der Waals surface area contributed by atoms with Crippen LogP contribution in [0.5, 0.6) is 0 Å². The Kier molecular flexibility index (Phi) is 6.25. The summed E-state index contributed by atoms with van der Waals surface area (Å²) in [5, 5.41) is 17.2. The standard InChI is InChI=1S/C15H18N4O4/c20-15(16-11-13-7-4-10-23-13)18-17-9-3-6-12-5-1-2-8-14(12)19(21)22/h1-3,5-6,8-9,13H,4,7,10-11H2,(H2,16,18,20)/b6-3-,17-9?/t13-/m0/s1. The molecule has 1 fully saturated rings. The number of ether oxygens (including phenoxy) is 1. The van der Waals surface area contributed by atoms with Gasteiger partial charge in [0, 0.05) is 25.4 Å². The monoisotopic (exact) mass is 318 g/mol. The molecule has 0 bridgehead atoms. The van der Waals surface area contributed by atoms with Crippen molar-refractivity contribution in [1.29, 1.82) is 0 Å². The van der Waals surface area contributed by atoms with Gasteiger partial charge in [0.2, 0.25) is 0 Å². The molecule has 2 amide bonds. The van der Waals surface area contributed by atoms with E-state index in [-0.39, 0.29) is 11.8 Å². The second-order valence-electron chi connectivity index (χ2n) is 4.91. The van der Waals surface area contributed by atoms with E-state index in [1.54, 1.807) is 24.3 Å². The van der Waals surface area contributed by atoms with Gasteiger partial charge in [-0.15, -0.1) is 0 Å². The fraction of sp³-hybridized carbons (Fsp3) is 0.333. The second-order valence-corrected chi connectivity index (χ2v) is 4.91. The van der Waals surface area contributed by atoms with Crippen molar-refractivity contribution < 1.29 is 14.5 Å². The molecule has 23 heavy (non-hydrogen) atoms. The molecule has 1 aromatic carbocycles. The number of amides is 2. The topological polar surface area (TPSA) is 106 Å². The molecule has 1 heterocycles. The van der Waals surface area contributed by atoms with Crippen LogP contribution in [0.1, 0.15) is 18.4 Å². The number of urea groups is 1. The highest BCUT2D eigenvalue weighted by molar-refractivity contribution is 5.81. The van der Waals surface area contributed by atoms with Crippen molar-refractivity contribution >= 4 is 24.0 Å². The first-order valence-electron chi connectivity index (χ1n) is 7.25. The Morgan fingerprint density at radius 1 is 1.48 bits per heavy atom. The van der Waals surface area contributed by atoms with Gasteiger partial charge in [-0.05, 0) is 31.1 Å². The minimum absolute atomic E-state index is 0.0133. The van der Waals surface area contributed by atoms with Gasteiger partial charge < -0.3 is 10.1 Å². The number of benzene rings is 1. The van der Waals surface area contributed by atoms with E-state index in [1.165, 1.54) is 18.4 Å². The summed E-state index contributed by atoms with van der Waals surface area (Å²) in [6, 6.07) is 5.94. The van der Waals surface area contributed by atoms with E-state index in [4.69, 9.17) is 4.74 Å². The maximum Gasteiger partial charge on any atom is 0.335 e. The third-order valence-electron chi connectivity index (χ3n) is 3.25. The maximum absolute atomic E-state index is 11.5. The Balaban J connectivity index is 1.75. The SMILES string of the molecule is O=C(NC[C@@H]1CCCO1)NN=C/C=C\c1ccccc1[N+](=O)[O-]. The molecule has 1 aromatic rings.